The molecule has 0 aliphatic heterocycles. The second-order valence-electron chi connectivity index (χ2n) is 6.77. The standard InChI is InChI=1S/C21H16N6O6/c1-25(21(29)30)18-19-23-12-17(26(19)11-10-22-18)13-2-4-14(5-3-13)24-20(28)33-16-8-6-15(7-9-16)27(31)32/h2-12H,1H3,(H,24,28)(H,29,30). The Balaban J connectivity index is 1.49. The summed E-state index contributed by atoms with van der Waals surface area (Å²) in [5.74, 6) is 0.361. The third-order valence-electron chi connectivity index (χ3n) is 4.70. The first-order valence-electron chi connectivity index (χ1n) is 9.46. The van der Waals surface area contributed by atoms with Gasteiger partial charge in [0.25, 0.3) is 5.69 Å². The van der Waals surface area contributed by atoms with Gasteiger partial charge in [-0.3, -0.25) is 24.7 Å². The van der Waals surface area contributed by atoms with E-state index in [1.54, 1.807) is 41.1 Å². The molecule has 0 aliphatic rings. The number of imidazole rings is 1. The monoisotopic (exact) mass is 448 g/mol. The molecule has 166 valence electrons. The summed E-state index contributed by atoms with van der Waals surface area (Å²) in [7, 11) is 1.38. The van der Waals surface area contributed by atoms with E-state index in [9.17, 15) is 24.8 Å². The van der Waals surface area contributed by atoms with Gasteiger partial charge in [-0.15, -0.1) is 0 Å². The van der Waals surface area contributed by atoms with Crippen molar-refractivity contribution >= 4 is 35.0 Å². The van der Waals surface area contributed by atoms with Gasteiger partial charge in [0, 0.05) is 42.8 Å². The van der Waals surface area contributed by atoms with Crippen molar-refractivity contribution in [3.05, 3.63) is 77.2 Å². The number of aromatic nitrogens is 3. The van der Waals surface area contributed by atoms with Gasteiger partial charge in [0.05, 0.1) is 16.8 Å². The number of carbonyl (C=O) groups excluding carboxylic acids is 1. The average Bonchev–Trinajstić information content (AvgIpc) is 3.23. The van der Waals surface area contributed by atoms with Crippen molar-refractivity contribution in [3.8, 4) is 17.0 Å². The maximum absolute atomic E-state index is 12.1. The molecule has 0 bridgehead atoms. The van der Waals surface area contributed by atoms with Gasteiger partial charge in [-0.1, -0.05) is 12.1 Å². The molecule has 2 amide bonds. The quantitative estimate of drug-likeness (QED) is 0.343. The lowest BCUT2D eigenvalue weighted by atomic mass is 10.1. The molecule has 4 aromatic rings. The first kappa shape index (κ1) is 21.2. The highest BCUT2D eigenvalue weighted by Crippen LogP contribution is 2.26. The normalized spacial score (nSPS) is 10.6. The van der Waals surface area contributed by atoms with Crippen LogP contribution >= 0.6 is 0 Å². The predicted octanol–water partition coefficient (Wildman–Crippen LogP) is 4.03. The zero-order chi connectivity index (χ0) is 23.5. The molecule has 4 rings (SSSR count). The number of carboxylic acid groups (broad SMARTS) is 1. The maximum Gasteiger partial charge on any atom is 0.417 e. The summed E-state index contributed by atoms with van der Waals surface area (Å²) in [6, 6.07) is 12.0. The van der Waals surface area contributed by atoms with Crippen LogP contribution < -0.4 is 15.0 Å². The number of nitrogens with one attached hydrogen (secondary N) is 1. The molecule has 0 aliphatic carbocycles. The number of fused-ring (bicyclic) bond motifs is 1. The third-order valence-corrected chi connectivity index (χ3v) is 4.70. The lowest BCUT2D eigenvalue weighted by molar-refractivity contribution is -0.384. The highest BCUT2D eigenvalue weighted by molar-refractivity contribution is 5.89. The minimum atomic E-state index is -1.16. The van der Waals surface area contributed by atoms with Crippen molar-refractivity contribution < 1.29 is 24.4 Å². The first-order valence-corrected chi connectivity index (χ1v) is 9.46. The Hall–Kier alpha value is -5.00. The number of carbonyl (C=O) groups is 2. The number of rotatable bonds is 5. The fourth-order valence-corrected chi connectivity index (χ4v) is 3.06. The lowest BCUT2D eigenvalue weighted by Crippen LogP contribution is -2.25. The topological polar surface area (TPSA) is 152 Å². The molecule has 0 fully saturated rings. The van der Waals surface area contributed by atoms with Gasteiger partial charge in [-0.25, -0.2) is 19.6 Å². The molecular formula is C21H16N6O6. The largest absolute Gasteiger partial charge is 0.465 e. The van der Waals surface area contributed by atoms with Crippen LogP contribution in [0.1, 0.15) is 0 Å². The Labute approximate surface area is 185 Å². The number of nitro benzene ring substituents is 1. The summed E-state index contributed by atoms with van der Waals surface area (Å²) < 4.78 is 6.84. The summed E-state index contributed by atoms with van der Waals surface area (Å²) in [6.45, 7) is 0. The summed E-state index contributed by atoms with van der Waals surface area (Å²) in [5.41, 5.74) is 2.21. The minimum Gasteiger partial charge on any atom is -0.465 e. The number of anilines is 2. The Bertz CT molecular complexity index is 1350. The summed E-state index contributed by atoms with van der Waals surface area (Å²) in [4.78, 5) is 42.9. The van der Waals surface area contributed by atoms with Crippen molar-refractivity contribution in [1.29, 1.82) is 0 Å². The van der Waals surface area contributed by atoms with Gasteiger partial charge >= 0.3 is 12.2 Å². The van der Waals surface area contributed by atoms with E-state index in [2.05, 4.69) is 15.3 Å². The van der Waals surface area contributed by atoms with Gasteiger partial charge in [0.2, 0.25) is 0 Å². The average molecular weight is 448 g/mol. The molecule has 2 N–H and O–H groups in total. The molecule has 0 radical (unpaired) electrons. The SMILES string of the molecule is CN(C(=O)O)c1nccn2c(-c3ccc(NC(=O)Oc4ccc([N+](=O)[O-])cc4)cc3)cnc12. The number of nitro groups is 1. The summed E-state index contributed by atoms with van der Waals surface area (Å²) in [6.07, 6.45) is 2.85. The van der Waals surface area contributed by atoms with Crippen molar-refractivity contribution in [2.75, 3.05) is 17.3 Å². The summed E-state index contributed by atoms with van der Waals surface area (Å²) in [5, 5.41) is 22.5. The van der Waals surface area contributed by atoms with Crippen molar-refractivity contribution in [2.45, 2.75) is 0 Å². The van der Waals surface area contributed by atoms with Crippen LogP contribution in [0.2, 0.25) is 0 Å². The van der Waals surface area contributed by atoms with Crippen LogP contribution in [0, 0.1) is 10.1 Å². The first-order chi connectivity index (χ1) is 15.8. The molecule has 0 spiro atoms. The number of ether oxygens (including phenoxy) is 1. The fraction of sp³-hybridized carbons (Fsp3) is 0.0476. The highest BCUT2D eigenvalue weighted by Gasteiger charge is 2.17. The van der Waals surface area contributed by atoms with E-state index in [4.69, 9.17) is 4.74 Å². The molecule has 0 saturated carbocycles. The molecule has 2 heterocycles. The molecule has 0 saturated heterocycles. The van der Waals surface area contributed by atoms with Crippen LogP contribution in [0.5, 0.6) is 5.75 Å². The van der Waals surface area contributed by atoms with E-state index >= 15 is 0 Å². The van der Waals surface area contributed by atoms with Crippen LogP contribution in [0.25, 0.3) is 16.9 Å². The molecule has 0 unspecified atom stereocenters. The summed E-state index contributed by atoms with van der Waals surface area (Å²) >= 11 is 0. The molecule has 0 atom stereocenters. The van der Waals surface area contributed by atoms with Gasteiger partial charge in [-0.2, -0.15) is 0 Å². The van der Waals surface area contributed by atoms with Crippen LogP contribution in [0.3, 0.4) is 0 Å². The molecule has 2 aromatic carbocycles. The van der Waals surface area contributed by atoms with Crippen LogP contribution in [0.15, 0.2) is 67.1 Å². The minimum absolute atomic E-state index is 0.108. The molecule has 33 heavy (non-hydrogen) atoms. The highest BCUT2D eigenvalue weighted by atomic mass is 16.6. The number of non-ortho nitro benzene ring substituents is 1. The van der Waals surface area contributed by atoms with E-state index in [0.717, 1.165) is 10.5 Å². The second-order valence-corrected chi connectivity index (χ2v) is 6.77. The number of hydrogen-bond acceptors (Lipinski definition) is 7. The van der Waals surface area contributed by atoms with Crippen molar-refractivity contribution in [2.24, 2.45) is 0 Å². The Morgan fingerprint density at radius 2 is 1.82 bits per heavy atom. The van der Waals surface area contributed by atoms with Gasteiger partial charge < -0.3 is 9.84 Å². The van der Waals surface area contributed by atoms with Crippen molar-refractivity contribution in [3.63, 3.8) is 0 Å². The molecule has 12 heteroatoms. The van der Waals surface area contributed by atoms with E-state index in [1.165, 1.54) is 37.5 Å². The Morgan fingerprint density at radius 1 is 1.12 bits per heavy atom. The maximum atomic E-state index is 12.1. The number of nitrogens with zero attached hydrogens (tertiary/aromatic N) is 5. The van der Waals surface area contributed by atoms with Crippen molar-refractivity contribution in [1.82, 2.24) is 14.4 Å². The van der Waals surface area contributed by atoms with Crippen LogP contribution in [-0.4, -0.2) is 43.6 Å². The van der Waals surface area contributed by atoms with Gasteiger partial charge in [0.15, 0.2) is 11.5 Å². The zero-order valence-electron chi connectivity index (χ0n) is 17.1. The Kier molecular flexibility index (Phi) is 5.55. The second kappa shape index (κ2) is 8.63. The molecule has 12 nitrogen and oxygen atoms in total. The van der Waals surface area contributed by atoms with E-state index in [1.807, 2.05) is 0 Å². The predicted molar refractivity (Wildman–Crippen MR) is 118 cm³/mol. The Morgan fingerprint density at radius 3 is 2.45 bits per heavy atom. The smallest absolute Gasteiger partial charge is 0.417 e. The van der Waals surface area contributed by atoms with Crippen LogP contribution in [-0.2, 0) is 0 Å². The number of hydrogen-bond donors (Lipinski definition) is 2. The molecule has 2 aromatic heterocycles. The zero-order valence-corrected chi connectivity index (χ0v) is 17.1. The molecular weight excluding hydrogens is 432 g/mol. The van der Waals surface area contributed by atoms with E-state index in [0.29, 0.717) is 17.0 Å². The lowest BCUT2D eigenvalue weighted by Gasteiger charge is -2.12. The van der Waals surface area contributed by atoms with Gasteiger partial charge in [-0.05, 0) is 24.3 Å². The van der Waals surface area contributed by atoms with E-state index in [-0.39, 0.29) is 17.3 Å². The number of amides is 2. The number of benzene rings is 2. The fourth-order valence-electron chi connectivity index (χ4n) is 3.06. The van der Waals surface area contributed by atoms with Crippen LogP contribution in [0.4, 0.5) is 26.8 Å². The van der Waals surface area contributed by atoms with E-state index < -0.39 is 17.1 Å². The third kappa shape index (κ3) is 4.39. The van der Waals surface area contributed by atoms with Gasteiger partial charge in [0.1, 0.15) is 5.75 Å².